The second-order valence-corrected chi connectivity index (χ2v) is 2.86. The molecule has 2 fully saturated rings. The standard InChI is InChI=1S/C5H10.C3H2O4/c1-2-4-5-3-1;4-2-1-3(5)7-6-2/h1-5H2;1H2. The summed E-state index contributed by atoms with van der Waals surface area (Å²) in [5.74, 6) is -1.24. The van der Waals surface area contributed by atoms with Crippen molar-refractivity contribution in [1.29, 1.82) is 0 Å². The van der Waals surface area contributed by atoms with Gasteiger partial charge in [0.25, 0.3) is 0 Å². The van der Waals surface area contributed by atoms with Crippen LogP contribution in [0.5, 0.6) is 0 Å². The molecule has 0 spiro atoms. The van der Waals surface area contributed by atoms with E-state index in [1.807, 2.05) is 0 Å². The van der Waals surface area contributed by atoms with Crippen LogP contribution in [-0.4, -0.2) is 11.9 Å². The maximum absolute atomic E-state index is 9.89. The number of carbonyl (C=O) groups excluding carboxylic acids is 2. The van der Waals surface area contributed by atoms with Crippen LogP contribution >= 0.6 is 0 Å². The van der Waals surface area contributed by atoms with Gasteiger partial charge in [0.2, 0.25) is 0 Å². The van der Waals surface area contributed by atoms with Gasteiger partial charge in [0.15, 0.2) is 6.42 Å². The molecule has 0 aromatic carbocycles. The maximum atomic E-state index is 9.89. The summed E-state index contributed by atoms with van der Waals surface area (Å²) in [6, 6.07) is 0. The number of hydrogen-bond donors (Lipinski definition) is 0. The molecule has 68 valence electrons. The van der Waals surface area contributed by atoms with Gasteiger partial charge in [-0.1, -0.05) is 32.1 Å². The van der Waals surface area contributed by atoms with Crippen molar-refractivity contribution in [3.63, 3.8) is 0 Å². The summed E-state index contributed by atoms with van der Waals surface area (Å²) in [6.07, 6.45) is 7.25. The van der Waals surface area contributed by atoms with E-state index in [0.29, 0.717) is 0 Å². The van der Waals surface area contributed by atoms with E-state index in [4.69, 9.17) is 0 Å². The lowest BCUT2D eigenvalue weighted by Crippen LogP contribution is -1.90. The molecule has 4 heteroatoms. The summed E-state index contributed by atoms with van der Waals surface area (Å²) in [7, 11) is 0. The van der Waals surface area contributed by atoms with E-state index in [1.165, 1.54) is 32.1 Å². The molecule has 1 heterocycles. The highest BCUT2D eigenvalue weighted by Gasteiger charge is 2.22. The van der Waals surface area contributed by atoms with Crippen molar-refractivity contribution < 1.29 is 19.4 Å². The van der Waals surface area contributed by atoms with Gasteiger partial charge in [-0.15, -0.1) is 0 Å². The quantitative estimate of drug-likeness (QED) is 0.408. The van der Waals surface area contributed by atoms with Crippen molar-refractivity contribution in [2.75, 3.05) is 0 Å². The minimum absolute atomic E-state index is 0.250. The van der Waals surface area contributed by atoms with Crippen LogP contribution in [0.2, 0.25) is 0 Å². The highest BCUT2D eigenvalue weighted by atomic mass is 17.2. The predicted molar refractivity (Wildman–Crippen MR) is 39.9 cm³/mol. The molecule has 4 nitrogen and oxygen atoms in total. The smallest absolute Gasteiger partial charge is 0.247 e. The highest BCUT2D eigenvalue weighted by Crippen LogP contribution is 2.15. The summed E-state index contributed by atoms with van der Waals surface area (Å²) in [5.41, 5.74) is 0. The topological polar surface area (TPSA) is 52.6 Å². The van der Waals surface area contributed by atoms with Gasteiger partial charge in [-0.3, -0.25) is 0 Å². The van der Waals surface area contributed by atoms with E-state index in [9.17, 15) is 9.59 Å². The Bertz CT molecular complexity index is 150. The molecule has 1 aliphatic heterocycles. The number of hydrogen-bond acceptors (Lipinski definition) is 4. The zero-order valence-corrected chi connectivity index (χ0v) is 6.88. The first-order valence-electron chi connectivity index (χ1n) is 4.19. The van der Waals surface area contributed by atoms with E-state index < -0.39 is 11.9 Å². The normalized spacial score (nSPS) is 21.0. The Kier molecular flexibility index (Phi) is 3.57. The molecule has 1 saturated heterocycles. The Hall–Kier alpha value is -1.06. The Morgan fingerprint density at radius 1 is 0.750 bits per heavy atom. The van der Waals surface area contributed by atoms with E-state index >= 15 is 0 Å². The zero-order valence-electron chi connectivity index (χ0n) is 6.88. The maximum Gasteiger partial charge on any atom is 0.366 e. The fraction of sp³-hybridized carbons (Fsp3) is 0.750. The SMILES string of the molecule is C1CCCC1.O=C1CC(=O)OO1. The van der Waals surface area contributed by atoms with Gasteiger partial charge < -0.3 is 0 Å². The van der Waals surface area contributed by atoms with Gasteiger partial charge in [-0.2, -0.15) is 0 Å². The van der Waals surface area contributed by atoms with Crippen LogP contribution in [0.15, 0.2) is 0 Å². The summed E-state index contributed by atoms with van der Waals surface area (Å²) in [4.78, 5) is 27.3. The van der Waals surface area contributed by atoms with Gasteiger partial charge in [-0.05, 0) is 0 Å². The van der Waals surface area contributed by atoms with Crippen LogP contribution in [0.1, 0.15) is 38.5 Å². The van der Waals surface area contributed by atoms with Crippen LogP contribution in [0.3, 0.4) is 0 Å². The Morgan fingerprint density at radius 2 is 1.08 bits per heavy atom. The first-order valence-corrected chi connectivity index (χ1v) is 4.19. The molecule has 0 bridgehead atoms. The van der Waals surface area contributed by atoms with E-state index in [1.54, 1.807) is 0 Å². The predicted octanol–water partition coefficient (Wildman–Crippen LogP) is 1.34. The first-order chi connectivity index (χ1) is 5.79. The van der Waals surface area contributed by atoms with E-state index in [-0.39, 0.29) is 6.42 Å². The molecule has 2 aliphatic rings. The van der Waals surface area contributed by atoms with Crippen molar-refractivity contribution in [3.05, 3.63) is 0 Å². The summed E-state index contributed by atoms with van der Waals surface area (Å²) >= 11 is 0. The third kappa shape index (κ3) is 3.37. The molecule has 1 saturated carbocycles. The second kappa shape index (κ2) is 4.74. The fourth-order valence-corrected chi connectivity index (χ4v) is 1.15. The summed E-state index contributed by atoms with van der Waals surface area (Å²) < 4.78 is 0. The lowest BCUT2D eigenvalue weighted by atomic mass is 10.4. The van der Waals surface area contributed by atoms with Crippen molar-refractivity contribution >= 4 is 11.9 Å². The lowest BCUT2D eigenvalue weighted by Gasteiger charge is -1.79. The second-order valence-electron chi connectivity index (χ2n) is 2.86. The summed E-state index contributed by atoms with van der Waals surface area (Å²) in [6.45, 7) is 0. The van der Waals surface area contributed by atoms with Gasteiger partial charge in [0.1, 0.15) is 0 Å². The fourth-order valence-electron chi connectivity index (χ4n) is 1.15. The van der Waals surface area contributed by atoms with Crippen LogP contribution in [0, 0.1) is 0 Å². The van der Waals surface area contributed by atoms with Gasteiger partial charge in [0.05, 0.1) is 0 Å². The third-order valence-electron chi connectivity index (χ3n) is 1.77. The van der Waals surface area contributed by atoms with Crippen LogP contribution in [-0.2, 0) is 19.4 Å². The van der Waals surface area contributed by atoms with Crippen LogP contribution in [0.4, 0.5) is 0 Å². The van der Waals surface area contributed by atoms with Gasteiger partial charge >= 0.3 is 11.9 Å². The van der Waals surface area contributed by atoms with Gasteiger partial charge in [0, 0.05) is 0 Å². The molecular weight excluding hydrogens is 160 g/mol. The Balaban J connectivity index is 0.000000127. The molecule has 0 unspecified atom stereocenters. The van der Waals surface area contributed by atoms with E-state index in [2.05, 4.69) is 9.78 Å². The Morgan fingerprint density at radius 3 is 1.25 bits per heavy atom. The monoisotopic (exact) mass is 172 g/mol. The molecule has 2 rings (SSSR count). The molecule has 12 heavy (non-hydrogen) atoms. The van der Waals surface area contributed by atoms with E-state index in [0.717, 1.165) is 0 Å². The molecule has 0 amide bonds. The van der Waals surface area contributed by atoms with Crippen LogP contribution < -0.4 is 0 Å². The minimum Gasteiger partial charge on any atom is -0.247 e. The van der Waals surface area contributed by atoms with Crippen molar-refractivity contribution in [2.24, 2.45) is 0 Å². The highest BCUT2D eigenvalue weighted by molar-refractivity contribution is 5.94. The van der Waals surface area contributed by atoms with Crippen molar-refractivity contribution in [2.45, 2.75) is 38.5 Å². The first kappa shape index (κ1) is 9.03. The van der Waals surface area contributed by atoms with Gasteiger partial charge in [-0.25, -0.2) is 19.4 Å². The summed E-state index contributed by atoms with van der Waals surface area (Å²) in [5, 5.41) is 0. The van der Waals surface area contributed by atoms with Crippen LogP contribution in [0.25, 0.3) is 0 Å². The molecule has 0 atom stereocenters. The lowest BCUT2D eigenvalue weighted by molar-refractivity contribution is -0.235. The number of carbonyl (C=O) groups is 2. The molecule has 0 N–H and O–H groups in total. The Labute approximate surface area is 70.8 Å². The average Bonchev–Trinajstić information content (AvgIpc) is 2.63. The average molecular weight is 172 g/mol. The third-order valence-corrected chi connectivity index (χ3v) is 1.77. The van der Waals surface area contributed by atoms with Crippen molar-refractivity contribution in [1.82, 2.24) is 0 Å². The zero-order chi connectivity index (χ0) is 8.81. The molecule has 1 aliphatic carbocycles. The molecule has 0 aromatic heterocycles. The molecule has 0 radical (unpaired) electrons. The van der Waals surface area contributed by atoms with Crippen molar-refractivity contribution in [3.8, 4) is 0 Å². The minimum atomic E-state index is -0.620. The largest absolute Gasteiger partial charge is 0.366 e. The molecular formula is C8H12O4. The molecule has 0 aromatic rings. The number of rotatable bonds is 0.